The van der Waals surface area contributed by atoms with Crippen LogP contribution in [0.25, 0.3) is 10.4 Å². The van der Waals surface area contributed by atoms with Crippen LogP contribution >= 0.6 is 38.4 Å². The molecule has 0 saturated heterocycles. The van der Waals surface area contributed by atoms with E-state index in [1.807, 2.05) is 11.8 Å². The van der Waals surface area contributed by atoms with Gasteiger partial charge in [0.1, 0.15) is 19.0 Å². The molecular weight excluding hydrogens is 788 g/mol. The summed E-state index contributed by atoms with van der Waals surface area (Å²) in [6, 6.07) is 41.6. The van der Waals surface area contributed by atoms with E-state index in [4.69, 9.17) is 0 Å². The average molecular weight is 837 g/mol. The number of halogens is 1. The zero-order valence-corrected chi connectivity index (χ0v) is 36.7. The fourth-order valence-corrected chi connectivity index (χ4v) is 18.0. The van der Waals surface area contributed by atoms with Crippen LogP contribution in [0.2, 0.25) is 0 Å². The van der Waals surface area contributed by atoms with Gasteiger partial charge in [-0.05, 0) is 107 Å². The maximum atomic E-state index is 2.91. The second-order valence-corrected chi connectivity index (χ2v) is 39.2. The summed E-state index contributed by atoms with van der Waals surface area (Å²) in [5, 5.41) is 6.63. The lowest BCUT2D eigenvalue weighted by Gasteiger charge is -2.77. The highest BCUT2D eigenvalue weighted by Crippen LogP contribution is 3.00. The summed E-state index contributed by atoms with van der Waals surface area (Å²) in [6.45, 7) is 14.3. The first kappa shape index (κ1) is 36.1. The number of fused-ring (bicyclic) bond motifs is 1. The van der Waals surface area contributed by atoms with Gasteiger partial charge in [0.25, 0.3) is 0 Å². The Labute approximate surface area is 321 Å². The van der Waals surface area contributed by atoms with Crippen molar-refractivity contribution in [2.24, 2.45) is 5.92 Å². The standard InChI is InChI=1S/C45H49IS2Si2/c1-30(2)44(5,6)48(7,8,9,46)37-25-17-19-33(27-37)41-29-39-43(50-41)42-38(28-40(49-42)32-18-16-24-36(26-32)47-31(3)4)45(39,34-20-12-10-13-21-34)35-22-14-11-15-23-35/h10-31H,1-9H3. The molecule has 2 aliphatic heterocycles. The second-order valence-electron chi connectivity index (χ2n) is 16.6. The quantitative estimate of drug-likeness (QED) is 0.0919. The molecule has 4 aromatic rings. The minimum absolute atomic E-state index is 0.138. The van der Waals surface area contributed by atoms with Crippen LogP contribution in [0.3, 0.4) is 0 Å². The van der Waals surface area contributed by atoms with E-state index in [1.165, 1.54) is 53.6 Å². The number of hydrogen-bond donors (Lipinski definition) is 0. The lowest BCUT2D eigenvalue weighted by molar-refractivity contribution is 0.491. The van der Waals surface area contributed by atoms with E-state index in [2.05, 4.69) is 203 Å². The van der Waals surface area contributed by atoms with Gasteiger partial charge in [0.2, 0.25) is 0 Å². The van der Waals surface area contributed by atoms with Crippen LogP contribution in [-0.4, -0.2) is 47.8 Å². The van der Waals surface area contributed by atoms with E-state index in [0.29, 0.717) is 30.2 Å². The third-order valence-electron chi connectivity index (χ3n) is 12.1. The predicted octanol–water partition coefficient (Wildman–Crippen LogP) is 12.4. The van der Waals surface area contributed by atoms with Crippen LogP contribution in [0.4, 0.5) is 0 Å². The Morgan fingerprint density at radius 2 is 1.12 bits per heavy atom. The third-order valence-corrected chi connectivity index (χ3v) is 27.9. The molecule has 0 saturated carbocycles. The molecule has 5 heteroatoms. The maximum absolute atomic E-state index is 2.91. The first-order valence-corrected chi connectivity index (χ1v) is 26.8. The molecule has 2 heterocycles. The molecule has 0 N–H and O–H groups in total. The highest BCUT2D eigenvalue weighted by molar-refractivity contribution is 14.2. The van der Waals surface area contributed by atoms with Crippen molar-refractivity contribution in [2.45, 2.75) is 66.7 Å². The normalized spacial score (nSPS) is 18.6. The monoisotopic (exact) mass is 836 g/mol. The Morgan fingerprint density at radius 3 is 1.60 bits per heavy atom. The maximum Gasteiger partial charge on any atom is 0.122 e. The summed E-state index contributed by atoms with van der Waals surface area (Å²) >= 11 is 4.86. The largest absolute Gasteiger partial charge is 0.214 e. The molecule has 50 heavy (non-hydrogen) atoms. The molecule has 0 nitrogen and oxygen atoms in total. The molecule has 0 atom stereocenters. The Balaban J connectivity index is 1.39. The molecule has 256 valence electrons. The summed E-state index contributed by atoms with van der Waals surface area (Å²) in [7, 11) is 1.27. The smallest absolute Gasteiger partial charge is 0.122 e. The zero-order chi connectivity index (χ0) is 35.8. The van der Waals surface area contributed by atoms with E-state index in [-0.39, 0.29) is 10.2 Å². The molecule has 0 bridgehead atoms. The molecule has 0 fully saturated rings. The molecule has 4 aromatic carbocycles. The van der Waals surface area contributed by atoms with Gasteiger partial charge in [-0.25, -0.2) is 5.47 Å². The number of rotatable bonds is 9. The molecule has 1 aliphatic carbocycles. The van der Waals surface area contributed by atoms with Crippen molar-refractivity contribution >= 4 is 67.9 Å². The van der Waals surface area contributed by atoms with E-state index < -0.39 is 5.47 Å². The molecule has 3 aliphatic rings. The molecular formula is C45H49IS2Si2. The van der Waals surface area contributed by atoms with Gasteiger partial charge in [0.15, 0.2) is 0 Å². The first-order chi connectivity index (χ1) is 23.5. The van der Waals surface area contributed by atoms with Crippen molar-refractivity contribution in [1.82, 2.24) is 0 Å². The molecule has 4 radical (unpaired) electrons. The third kappa shape index (κ3) is 5.51. The Morgan fingerprint density at radius 1 is 0.640 bits per heavy atom. The van der Waals surface area contributed by atoms with Crippen LogP contribution in [0.1, 0.15) is 63.8 Å². The zero-order valence-electron chi connectivity index (χ0n) is 30.9. The number of benzene rings is 4. The molecule has 0 spiro atoms. The Bertz CT molecular complexity index is 2090. The van der Waals surface area contributed by atoms with Crippen LogP contribution in [-0.2, 0) is 5.41 Å². The SMILES string of the molecule is CC(C)Sc1cccc(C2=CC3=C([Si]2)C2=C(C=C(c4cccc(S(C)(C)(C)(I)C(C)(C)C(C)C)c4)[Si]2)C3(c2ccccc2)c2ccccc2)c1. The fourth-order valence-electron chi connectivity index (χ4n) is 7.90. The molecule has 7 rings (SSSR count). The number of allylic oxidation sites excluding steroid dienone is 6. The fraction of sp³-hybridized carbons (Fsp3) is 0.289. The molecule has 0 aromatic heterocycles. The minimum Gasteiger partial charge on any atom is -0.214 e. The van der Waals surface area contributed by atoms with Crippen molar-refractivity contribution in [3.63, 3.8) is 0 Å². The van der Waals surface area contributed by atoms with Gasteiger partial charge in [-0.1, -0.05) is 165 Å². The summed E-state index contributed by atoms with van der Waals surface area (Å²) in [5.41, 5.74) is 5.33. The van der Waals surface area contributed by atoms with E-state index in [1.54, 1.807) is 10.4 Å². The second kappa shape index (κ2) is 12.1. The molecule has 0 unspecified atom stereocenters. The van der Waals surface area contributed by atoms with Crippen LogP contribution in [0.5, 0.6) is 0 Å². The van der Waals surface area contributed by atoms with Crippen LogP contribution in [0.15, 0.2) is 153 Å². The van der Waals surface area contributed by atoms with Crippen molar-refractivity contribution < 1.29 is 0 Å². The van der Waals surface area contributed by atoms with Crippen molar-refractivity contribution in [3.05, 3.63) is 165 Å². The summed E-state index contributed by atoms with van der Waals surface area (Å²) in [5.74, 6) is 0.556. The van der Waals surface area contributed by atoms with Crippen LogP contribution < -0.4 is 0 Å². The van der Waals surface area contributed by atoms with Gasteiger partial charge in [-0.15, -0.1) is 11.8 Å². The highest BCUT2D eigenvalue weighted by Gasteiger charge is 2.60. The van der Waals surface area contributed by atoms with E-state index in [0.717, 1.165) is 0 Å². The lowest BCUT2D eigenvalue weighted by Crippen LogP contribution is -2.49. The summed E-state index contributed by atoms with van der Waals surface area (Å²) < 4.78 is 0.138. The van der Waals surface area contributed by atoms with Crippen molar-refractivity contribution in [2.75, 3.05) is 18.8 Å². The van der Waals surface area contributed by atoms with E-state index in [9.17, 15) is 0 Å². The van der Waals surface area contributed by atoms with Gasteiger partial charge in [-0.2, -0.15) is 0 Å². The topological polar surface area (TPSA) is 0 Å². The summed E-state index contributed by atoms with van der Waals surface area (Å²) in [4.78, 5) is 2.86. The average Bonchev–Trinajstić information content (AvgIpc) is 3.77. The lowest BCUT2D eigenvalue weighted by atomic mass is 9.66. The minimum atomic E-state index is -2.75. The Kier molecular flexibility index (Phi) is 8.75. The van der Waals surface area contributed by atoms with E-state index >= 15 is 0 Å². The van der Waals surface area contributed by atoms with Gasteiger partial charge >= 0.3 is 0 Å². The predicted molar refractivity (Wildman–Crippen MR) is 236 cm³/mol. The van der Waals surface area contributed by atoms with Gasteiger partial charge in [0, 0.05) is 10.1 Å². The summed E-state index contributed by atoms with van der Waals surface area (Å²) in [6.07, 6.45) is 12.9. The van der Waals surface area contributed by atoms with Crippen molar-refractivity contribution in [3.8, 4) is 0 Å². The van der Waals surface area contributed by atoms with Crippen LogP contribution in [0, 0.1) is 5.92 Å². The Hall–Kier alpha value is -2.30. The van der Waals surface area contributed by atoms with Gasteiger partial charge in [0.05, 0.1) is 5.41 Å². The van der Waals surface area contributed by atoms with Gasteiger partial charge in [-0.3, -0.25) is 0 Å². The first-order valence-electron chi connectivity index (χ1n) is 17.7. The van der Waals surface area contributed by atoms with Crippen molar-refractivity contribution in [1.29, 1.82) is 0 Å². The molecule has 0 amide bonds. The number of hydrogen-bond acceptors (Lipinski definition) is 1. The van der Waals surface area contributed by atoms with Gasteiger partial charge < -0.3 is 0 Å². The number of thioether (sulfide) groups is 1. The highest BCUT2D eigenvalue weighted by atomic mass is 127.